The zero-order valence-corrected chi connectivity index (χ0v) is 9.82. The standard InChI is InChI=1S/C12H20N4/c1-2-16-8-4-5-10(9-16)15-12-11(13)6-3-7-14-12/h3,6-7,10H,2,4-5,8-9,13H2,1H3,(H,14,15)/t10-/m1/s1. The van der Waals surface area contributed by atoms with E-state index < -0.39 is 0 Å². The van der Waals surface area contributed by atoms with Crippen molar-refractivity contribution in [3.05, 3.63) is 18.3 Å². The van der Waals surface area contributed by atoms with Crippen molar-refractivity contribution >= 4 is 11.5 Å². The minimum absolute atomic E-state index is 0.478. The number of nitrogens with two attached hydrogens (primary N) is 1. The molecule has 0 bridgehead atoms. The van der Waals surface area contributed by atoms with Gasteiger partial charge in [-0.15, -0.1) is 0 Å². The van der Waals surface area contributed by atoms with E-state index in [0.29, 0.717) is 6.04 Å². The van der Waals surface area contributed by atoms with E-state index in [9.17, 15) is 0 Å². The van der Waals surface area contributed by atoms with Crippen LogP contribution in [-0.2, 0) is 0 Å². The van der Waals surface area contributed by atoms with Crippen LogP contribution in [0.1, 0.15) is 19.8 Å². The number of aromatic nitrogens is 1. The quantitative estimate of drug-likeness (QED) is 0.811. The zero-order valence-electron chi connectivity index (χ0n) is 9.82. The SMILES string of the molecule is CCN1CCC[C@@H](Nc2ncccc2N)C1. The summed E-state index contributed by atoms with van der Waals surface area (Å²) in [6.45, 7) is 5.63. The van der Waals surface area contributed by atoms with E-state index in [4.69, 9.17) is 5.73 Å². The normalized spacial score (nSPS) is 21.9. The van der Waals surface area contributed by atoms with Crippen molar-refractivity contribution in [1.82, 2.24) is 9.88 Å². The Hall–Kier alpha value is -1.29. The van der Waals surface area contributed by atoms with Gasteiger partial charge in [0.15, 0.2) is 0 Å². The lowest BCUT2D eigenvalue weighted by atomic mass is 10.1. The molecule has 3 N–H and O–H groups in total. The number of nitrogens with zero attached hydrogens (tertiary/aromatic N) is 2. The summed E-state index contributed by atoms with van der Waals surface area (Å²) in [4.78, 5) is 6.73. The van der Waals surface area contributed by atoms with Crippen molar-refractivity contribution in [2.24, 2.45) is 0 Å². The van der Waals surface area contributed by atoms with Crippen LogP contribution in [0.15, 0.2) is 18.3 Å². The maximum Gasteiger partial charge on any atom is 0.149 e. The molecule has 88 valence electrons. The third-order valence-corrected chi connectivity index (χ3v) is 3.13. The summed E-state index contributed by atoms with van der Waals surface area (Å²) in [5.74, 6) is 0.824. The summed E-state index contributed by atoms with van der Waals surface area (Å²) in [6.07, 6.45) is 4.23. The molecule has 0 aliphatic carbocycles. The minimum Gasteiger partial charge on any atom is -0.396 e. The lowest BCUT2D eigenvalue weighted by Crippen LogP contribution is -2.42. The second-order valence-electron chi connectivity index (χ2n) is 4.32. The van der Waals surface area contributed by atoms with Gasteiger partial charge < -0.3 is 16.0 Å². The van der Waals surface area contributed by atoms with Crippen LogP contribution < -0.4 is 11.1 Å². The van der Waals surface area contributed by atoms with Crippen molar-refractivity contribution in [3.8, 4) is 0 Å². The Bertz CT molecular complexity index is 340. The van der Waals surface area contributed by atoms with Crippen LogP contribution in [0.5, 0.6) is 0 Å². The molecule has 0 aromatic carbocycles. The lowest BCUT2D eigenvalue weighted by molar-refractivity contribution is 0.226. The van der Waals surface area contributed by atoms with E-state index in [0.717, 1.165) is 24.6 Å². The van der Waals surface area contributed by atoms with Crippen molar-refractivity contribution in [1.29, 1.82) is 0 Å². The van der Waals surface area contributed by atoms with Gasteiger partial charge in [-0.2, -0.15) is 0 Å². The van der Waals surface area contributed by atoms with E-state index in [1.165, 1.54) is 19.4 Å². The fraction of sp³-hybridized carbons (Fsp3) is 0.583. The molecule has 0 spiro atoms. The molecular weight excluding hydrogens is 200 g/mol. The summed E-state index contributed by atoms with van der Waals surface area (Å²) >= 11 is 0. The van der Waals surface area contributed by atoms with Crippen molar-refractivity contribution in [2.45, 2.75) is 25.8 Å². The average molecular weight is 220 g/mol. The van der Waals surface area contributed by atoms with Crippen LogP contribution in [0.3, 0.4) is 0 Å². The van der Waals surface area contributed by atoms with Crippen molar-refractivity contribution in [3.63, 3.8) is 0 Å². The molecule has 1 aliphatic rings. The van der Waals surface area contributed by atoms with E-state index >= 15 is 0 Å². The predicted octanol–water partition coefficient (Wildman–Crippen LogP) is 1.56. The molecule has 1 atom stereocenters. The molecule has 2 heterocycles. The molecule has 1 aromatic heterocycles. The van der Waals surface area contributed by atoms with E-state index in [1.54, 1.807) is 6.20 Å². The molecule has 1 fully saturated rings. The topological polar surface area (TPSA) is 54.2 Å². The molecule has 0 unspecified atom stereocenters. The summed E-state index contributed by atoms with van der Waals surface area (Å²) in [5, 5.41) is 3.44. The number of likely N-dealkylation sites (tertiary alicyclic amines) is 1. The molecule has 0 radical (unpaired) electrons. The van der Waals surface area contributed by atoms with E-state index in [-0.39, 0.29) is 0 Å². The van der Waals surface area contributed by atoms with Gasteiger partial charge in [-0.05, 0) is 38.1 Å². The first-order valence-corrected chi connectivity index (χ1v) is 5.99. The van der Waals surface area contributed by atoms with Crippen LogP contribution in [0.25, 0.3) is 0 Å². The van der Waals surface area contributed by atoms with Crippen molar-refractivity contribution < 1.29 is 0 Å². The largest absolute Gasteiger partial charge is 0.396 e. The number of piperidine rings is 1. The number of hydrogen-bond acceptors (Lipinski definition) is 4. The average Bonchev–Trinajstić information content (AvgIpc) is 2.32. The number of anilines is 2. The van der Waals surface area contributed by atoms with Crippen molar-refractivity contribution in [2.75, 3.05) is 30.7 Å². The predicted molar refractivity (Wildman–Crippen MR) is 67.4 cm³/mol. The summed E-state index contributed by atoms with van der Waals surface area (Å²) in [6, 6.07) is 4.22. The molecule has 4 nitrogen and oxygen atoms in total. The van der Waals surface area contributed by atoms with Gasteiger partial charge >= 0.3 is 0 Å². The lowest BCUT2D eigenvalue weighted by Gasteiger charge is -2.32. The van der Waals surface area contributed by atoms with Crippen LogP contribution in [0.4, 0.5) is 11.5 Å². The summed E-state index contributed by atoms with van der Waals surface area (Å²) in [7, 11) is 0. The third kappa shape index (κ3) is 2.64. The maximum atomic E-state index is 5.87. The first-order valence-electron chi connectivity index (χ1n) is 5.99. The molecule has 0 amide bonds. The number of hydrogen-bond donors (Lipinski definition) is 2. The number of nitrogen functional groups attached to an aromatic ring is 1. The van der Waals surface area contributed by atoms with Gasteiger partial charge in [0, 0.05) is 18.8 Å². The zero-order chi connectivity index (χ0) is 11.4. The minimum atomic E-state index is 0.478. The van der Waals surface area contributed by atoms with Crippen LogP contribution in [0.2, 0.25) is 0 Å². The maximum absolute atomic E-state index is 5.87. The first-order chi connectivity index (χ1) is 7.79. The Balaban J connectivity index is 1.97. The van der Waals surface area contributed by atoms with Gasteiger partial charge in [0.25, 0.3) is 0 Å². The Morgan fingerprint density at radius 2 is 2.50 bits per heavy atom. The van der Waals surface area contributed by atoms with Gasteiger partial charge in [-0.3, -0.25) is 0 Å². The van der Waals surface area contributed by atoms with Gasteiger partial charge in [0.05, 0.1) is 5.69 Å². The fourth-order valence-electron chi connectivity index (χ4n) is 2.19. The number of nitrogens with one attached hydrogen (secondary N) is 1. The Labute approximate surface area is 96.8 Å². The van der Waals surface area contributed by atoms with Crippen LogP contribution >= 0.6 is 0 Å². The fourth-order valence-corrected chi connectivity index (χ4v) is 2.19. The monoisotopic (exact) mass is 220 g/mol. The highest BCUT2D eigenvalue weighted by Gasteiger charge is 2.19. The van der Waals surface area contributed by atoms with Gasteiger partial charge in [-0.25, -0.2) is 4.98 Å². The molecule has 1 aromatic rings. The molecule has 0 saturated carbocycles. The Morgan fingerprint density at radius 3 is 3.25 bits per heavy atom. The van der Waals surface area contributed by atoms with E-state index in [2.05, 4.69) is 22.1 Å². The number of rotatable bonds is 3. The molecule has 1 aliphatic heterocycles. The smallest absolute Gasteiger partial charge is 0.149 e. The second-order valence-corrected chi connectivity index (χ2v) is 4.32. The highest BCUT2D eigenvalue weighted by molar-refractivity contribution is 5.60. The molecule has 2 rings (SSSR count). The number of likely N-dealkylation sites (N-methyl/N-ethyl adjacent to an activating group) is 1. The van der Waals surface area contributed by atoms with Crippen LogP contribution in [0, 0.1) is 0 Å². The van der Waals surface area contributed by atoms with Crippen LogP contribution in [-0.4, -0.2) is 35.6 Å². The van der Waals surface area contributed by atoms with Gasteiger partial charge in [-0.1, -0.05) is 6.92 Å². The van der Waals surface area contributed by atoms with Gasteiger partial charge in [0.1, 0.15) is 5.82 Å². The summed E-state index contributed by atoms with van der Waals surface area (Å²) in [5.41, 5.74) is 6.60. The Morgan fingerprint density at radius 1 is 1.62 bits per heavy atom. The summed E-state index contributed by atoms with van der Waals surface area (Å²) < 4.78 is 0. The molecular formula is C12H20N4. The Kier molecular flexibility index (Phi) is 3.62. The first kappa shape index (κ1) is 11.2. The van der Waals surface area contributed by atoms with E-state index in [1.807, 2.05) is 12.1 Å². The highest BCUT2D eigenvalue weighted by Crippen LogP contribution is 2.18. The molecule has 1 saturated heterocycles. The number of pyridine rings is 1. The van der Waals surface area contributed by atoms with Gasteiger partial charge in [0.2, 0.25) is 0 Å². The third-order valence-electron chi connectivity index (χ3n) is 3.13. The second kappa shape index (κ2) is 5.16. The molecule has 16 heavy (non-hydrogen) atoms. The molecule has 4 heteroatoms. The highest BCUT2D eigenvalue weighted by atomic mass is 15.2.